The highest BCUT2D eigenvalue weighted by atomic mass is 32.2. The third-order valence-electron chi connectivity index (χ3n) is 3.50. The maximum atomic E-state index is 5.73. The summed E-state index contributed by atoms with van der Waals surface area (Å²) in [4.78, 5) is 0. The Hall–Kier alpha value is -2.94. The minimum atomic E-state index is 0.451. The van der Waals surface area contributed by atoms with Crippen molar-refractivity contribution in [1.29, 1.82) is 0 Å². The molecule has 0 aliphatic carbocycles. The summed E-state index contributed by atoms with van der Waals surface area (Å²) >= 11 is 1.43. The molecular weight excluding hydrogens is 340 g/mol. The smallest absolute Gasteiger partial charge is 0.251 e. The van der Waals surface area contributed by atoms with Gasteiger partial charge in [-0.15, -0.1) is 15.3 Å². The number of para-hydroxylation sites is 1. The monoisotopic (exact) mass is 354 g/mol. The largest absolute Gasteiger partial charge is 0.466 e. The number of tetrazole rings is 1. The Kier molecular flexibility index (Phi) is 4.06. The molecule has 8 nitrogen and oxygen atoms in total. The van der Waals surface area contributed by atoms with E-state index in [4.69, 9.17) is 8.83 Å². The Morgan fingerprint density at radius 3 is 2.64 bits per heavy atom. The van der Waals surface area contributed by atoms with E-state index in [-0.39, 0.29) is 0 Å². The van der Waals surface area contributed by atoms with Crippen molar-refractivity contribution in [2.24, 2.45) is 0 Å². The molecule has 0 amide bonds. The molecule has 0 atom stereocenters. The van der Waals surface area contributed by atoms with E-state index in [1.165, 1.54) is 11.8 Å². The topological polar surface area (TPSA) is 95.7 Å². The number of aromatic nitrogens is 6. The Labute approximate surface area is 147 Å². The molecule has 0 saturated heterocycles. The molecule has 0 spiro atoms. The van der Waals surface area contributed by atoms with Gasteiger partial charge in [-0.3, -0.25) is 0 Å². The standard InChI is InChI=1S/C16H14N6O2S/c1-10-8-13(11(2)23-10)15-18-17-14(24-15)9-25-16-19-20-21-22(16)12-6-4-3-5-7-12/h3-8H,9H2,1-2H3. The van der Waals surface area contributed by atoms with Gasteiger partial charge in [-0.2, -0.15) is 4.68 Å². The first-order valence-electron chi connectivity index (χ1n) is 7.57. The molecule has 3 aromatic heterocycles. The van der Waals surface area contributed by atoms with Gasteiger partial charge >= 0.3 is 0 Å². The van der Waals surface area contributed by atoms with Crippen LogP contribution in [0.1, 0.15) is 17.4 Å². The average Bonchev–Trinajstić information content (AvgIpc) is 3.33. The molecule has 0 unspecified atom stereocenters. The lowest BCUT2D eigenvalue weighted by molar-refractivity contribution is 0.499. The first-order valence-corrected chi connectivity index (χ1v) is 8.55. The second-order valence-corrected chi connectivity index (χ2v) is 6.27. The highest BCUT2D eigenvalue weighted by Crippen LogP contribution is 2.27. The Balaban J connectivity index is 1.50. The van der Waals surface area contributed by atoms with Crippen molar-refractivity contribution in [2.75, 3.05) is 0 Å². The molecule has 4 rings (SSSR count). The van der Waals surface area contributed by atoms with Crippen LogP contribution in [0.15, 0.2) is 50.4 Å². The van der Waals surface area contributed by atoms with Crippen LogP contribution >= 0.6 is 11.8 Å². The van der Waals surface area contributed by atoms with Crippen LogP contribution in [0.5, 0.6) is 0 Å². The summed E-state index contributed by atoms with van der Waals surface area (Å²) in [6, 6.07) is 11.6. The highest BCUT2D eigenvalue weighted by Gasteiger charge is 2.16. The fraction of sp³-hybridized carbons (Fsp3) is 0.188. The number of thioether (sulfide) groups is 1. The minimum absolute atomic E-state index is 0.451. The summed E-state index contributed by atoms with van der Waals surface area (Å²) < 4.78 is 12.9. The zero-order valence-electron chi connectivity index (χ0n) is 13.6. The zero-order chi connectivity index (χ0) is 17.2. The van der Waals surface area contributed by atoms with Gasteiger partial charge in [0.2, 0.25) is 11.0 Å². The number of furan rings is 1. The van der Waals surface area contributed by atoms with E-state index in [2.05, 4.69) is 25.7 Å². The molecule has 0 aliphatic rings. The van der Waals surface area contributed by atoms with E-state index < -0.39 is 0 Å². The van der Waals surface area contributed by atoms with E-state index in [1.54, 1.807) is 4.68 Å². The second-order valence-electron chi connectivity index (χ2n) is 5.33. The van der Waals surface area contributed by atoms with Gasteiger partial charge < -0.3 is 8.83 Å². The number of aryl methyl sites for hydroxylation is 2. The molecule has 126 valence electrons. The van der Waals surface area contributed by atoms with E-state index in [0.29, 0.717) is 22.7 Å². The molecule has 0 saturated carbocycles. The van der Waals surface area contributed by atoms with Crippen LogP contribution in [-0.4, -0.2) is 30.4 Å². The van der Waals surface area contributed by atoms with Crippen LogP contribution in [-0.2, 0) is 5.75 Å². The van der Waals surface area contributed by atoms with Crippen LogP contribution in [0.3, 0.4) is 0 Å². The lowest BCUT2D eigenvalue weighted by Crippen LogP contribution is -1.98. The fourth-order valence-electron chi connectivity index (χ4n) is 2.39. The predicted octanol–water partition coefficient (Wildman–Crippen LogP) is 3.21. The summed E-state index contributed by atoms with van der Waals surface area (Å²) in [5, 5.41) is 20.6. The summed E-state index contributed by atoms with van der Waals surface area (Å²) in [6.45, 7) is 3.75. The second kappa shape index (κ2) is 6.52. The third-order valence-corrected chi connectivity index (χ3v) is 4.41. The van der Waals surface area contributed by atoms with E-state index >= 15 is 0 Å². The van der Waals surface area contributed by atoms with Crippen LogP contribution in [0.25, 0.3) is 17.1 Å². The number of hydrogen-bond acceptors (Lipinski definition) is 8. The molecule has 0 radical (unpaired) electrons. The zero-order valence-corrected chi connectivity index (χ0v) is 14.4. The number of nitrogens with zero attached hydrogens (tertiary/aromatic N) is 6. The molecule has 3 heterocycles. The molecule has 4 aromatic rings. The van der Waals surface area contributed by atoms with Crippen molar-refractivity contribution < 1.29 is 8.83 Å². The summed E-state index contributed by atoms with van der Waals surface area (Å²) in [5.74, 6) is 2.99. The van der Waals surface area contributed by atoms with Gasteiger partial charge in [0.05, 0.1) is 17.0 Å². The summed E-state index contributed by atoms with van der Waals surface area (Å²) in [5.41, 5.74) is 1.71. The molecule has 0 fully saturated rings. The van der Waals surface area contributed by atoms with Gasteiger partial charge in [-0.1, -0.05) is 30.0 Å². The van der Waals surface area contributed by atoms with Crippen LogP contribution < -0.4 is 0 Å². The summed E-state index contributed by atoms with van der Waals surface area (Å²) in [6.07, 6.45) is 0. The first-order chi connectivity index (χ1) is 12.2. The van der Waals surface area contributed by atoms with Gasteiger partial charge in [-0.25, -0.2) is 0 Å². The number of rotatable bonds is 5. The first kappa shape index (κ1) is 15.6. The van der Waals surface area contributed by atoms with Crippen molar-refractivity contribution in [3.8, 4) is 17.1 Å². The highest BCUT2D eigenvalue weighted by molar-refractivity contribution is 7.98. The molecule has 9 heteroatoms. The van der Waals surface area contributed by atoms with Crippen molar-refractivity contribution in [2.45, 2.75) is 24.8 Å². The third kappa shape index (κ3) is 3.18. The average molecular weight is 354 g/mol. The van der Waals surface area contributed by atoms with E-state index in [9.17, 15) is 0 Å². The lowest BCUT2D eigenvalue weighted by atomic mass is 10.2. The Morgan fingerprint density at radius 2 is 1.88 bits per heavy atom. The minimum Gasteiger partial charge on any atom is -0.466 e. The molecule has 0 bridgehead atoms. The molecule has 0 aliphatic heterocycles. The van der Waals surface area contributed by atoms with Crippen LogP contribution in [0, 0.1) is 13.8 Å². The fourth-order valence-corrected chi connectivity index (χ4v) is 3.12. The van der Waals surface area contributed by atoms with Crippen molar-refractivity contribution >= 4 is 11.8 Å². The van der Waals surface area contributed by atoms with Gasteiger partial charge in [0.1, 0.15) is 11.5 Å². The molecule has 1 aromatic carbocycles. The van der Waals surface area contributed by atoms with Crippen LogP contribution in [0.4, 0.5) is 0 Å². The Bertz CT molecular complexity index is 991. The summed E-state index contributed by atoms with van der Waals surface area (Å²) in [7, 11) is 0. The van der Waals surface area contributed by atoms with Crippen LogP contribution in [0.2, 0.25) is 0 Å². The van der Waals surface area contributed by atoms with Gasteiger partial charge in [0, 0.05) is 0 Å². The Morgan fingerprint density at radius 1 is 1.04 bits per heavy atom. The molecule has 25 heavy (non-hydrogen) atoms. The van der Waals surface area contributed by atoms with E-state index in [1.807, 2.05) is 50.2 Å². The molecular formula is C16H14N6O2S. The normalized spacial score (nSPS) is 11.1. The quantitative estimate of drug-likeness (QED) is 0.504. The van der Waals surface area contributed by atoms with Gasteiger partial charge in [0.25, 0.3) is 5.89 Å². The number of benzene rings is 1. The van der Waals surface area contributed by atoms with Crippen molar-refractivity contribution in [3.05, 3.63) is 53.8 Å². The van der Waals surface area contributed by atoms with Crippen molar-refractivity contribution in [1.82, 2.24) is 30.4 Å². The SMILES string of the molecule is Cc1cc(-c2nnc(CSc3nnnn3-c3ccccc3)o2)c(C)o1. The lowest BCUT2D eigenvalue weighted by Gasteiger charge is -2.02. The predicted molar refractivity (Wildman–Crippen MR) is 90.2 cm³/mol. The van der Waals surface area contributed by atoms with Gasteiger partial charge in [-0.05, 0) is 42.5 Å². The maximum Gasteiger partial charge on any atom is 0.251 e. The number of hydrogen-bond donors (Lipinski definition) is 0. The van der Waals surface area contributed by atoms with Gasteiger partial charge in [0.15, 0.2) is 0 Å². The van der Waals surface area contributed by atoms with E-state index in [0.717, 1.165) is 22.8 Å². The molecule has 0 N–H and O–H groups in total. The maximum absolute atomic E-state index is 5.73. The van der Waals surface area contributed by atoms with Crippen molar-refractivity contribution in [3.63, 3.8) is 0 Å².